The van der Waals surface area contributed by atoms with Crippen molar-refractivity contribution in [3.63, 3.8) is 0 Å². The van der Waals surface area contributed by atoms with E-state index in [1.807, 2.05) is 30.4 Å². The van der Waals surface area contributed by atoms with Crippen LogP contribution >= 0.6 is 11.3 Å². The lowest BCUT2D eigenvalue weighted by atomic mass is 10.1. The molecule has 0 spiro atoms. The van der Waals surface area contributed by atoms with Gasteiger partial charge in [-0.1, -0.05) is 12.1 Å². The van der Waals surface area contributed by atoms with Crippen LogP contribution < -0.4 is 9.47 Å². The molecule has 0 unspecified atom stereocenters. The summed E-state index contributed by atoms with van der Waals surface area (Å²) >= 11 is 1.69. The molecule has 3 rings (SSSR count). The third-order valence-corrected chi connectivity index (χ3v) is 4.94. The maximum Gasteiger partial charge on any atom is 0.188 e. The topological polar surface area (TPSA) is 40.6 Å². The fourth-order valence-corrected chi connectivity index (χ4v) is 3.42. The van der Waals surface area contributed by atoms with E-state index in [4.69, 9.17) is 14.2 Å². The van der Waals surface area contributed by atoms with Gasteiger partial charge in [-0.2, -0.15) is 0 Å². The van der Waals surface area contributed by atoms with Crippen molar-refractivity contribution in [3.05, 3.63) is 52.0 Å². The first-order valence-electron chi connectivity index (χ1n) is 7.96. The lowest BCUT2D eigenvalue weighted by Gasteiger charge is -2.10. The molecule has 0 N–H and O–H groups in total. The molecule has 0 bridgehead atoms. The summed E-state index contributed by atoms with van der Waals surface area (Å²) in [7, 11) is 3.21. The Morgan fingerprint density at radius 1 is 1.00 bits per heavy atom. The summed E-state index contributed by atoms with van der Waals surface area (Å²) in [5, 5.41) is 0.985. The first-order valence-corrected chi connectivity index (χ1v) is 8.78. The summed E-state index contributed by atoms with van der Waals surface area (Å²) in [4.78, 5) is 4.69. The molecule has 130 valence electrons. The number of ether oxygens (including phenoxy) is 3. The van der Waals surface area contributed by atoms with Gasteiger partial charge in [-0.25, -0.2) is 4.98 Å². The van der Waals surface area contributed by atoms with Crippen LogP contribution in [-0.2, 0) is 4.74 Å². The highest BCUT2D eigenvalue weighted by molar-refractivity contribution is 7.19. The lowest BCUT2D eigenvalue weighted by molar-refractivity contribution is 0.0491. The average Bonchev–Trinajstić information content (AvgIpc) is 3.00. The van der Waals surface area contributed by atoms with Crippen LogP contribution in [0.2, 0.25) is 0 Å². The van der Waals surface area contributed by atoms with Gasteiger partial charge in [0.2, 0.25) is 0 Å². The van der Waals surface area contributed by atoms with Crippen LogP contribution in [0.4, 0.5) is 0 Å². The Balaban J connectivity index is 1.84. The number of aryl methyl sites for hydroxylation is 2. The maximum absolute atomic E-state index is 5.48. The standard InChI is InChI=1S/C20H21NO3S/c1-13-9-16-19(10-14(13)2)25-20(21-16)8-6-15-5-7-17(24-12-22-3)18(11-15)23-4/h5-11H,12H2,1-4H3/b8-6+. The van der Waals surface area contributed by atoms with Crippen LogP contribution in [0, 0.1) is 13.8 Å². The molecule has 0 aliphatic heterocycles. The van der Waals surface area contributed by atoms with Gasteiger partial charge >= 0.3 is 0 Å². The Bertz CT molecular complexity index is 876. The van der Waals surface area contributed by atoms with Gasteiger partial charge in [-0.3, -0.25) is 0 Å². The molecule has 0 saturated heterocycles. The van der Waals surface area contributed by atoms with Gasteiger partial charge < -0.3 is 14.2 Å². The van der Waals surface area contributed by atoms with Gasteiger partial charge in [-0.15, -0.1) is 11.3 Å². The molecule has 4 nitrogen and oxygen atoms in total. The smallest absolute Gasteiger partial charge is 0.188 e. The van der Waals surface area contributed by atoms with E-state index in [0.717, 1.165) is 16.1 Å². The number of aromatic nitrogens is 1. The zero-order valence-electron chi connectivity index (χ0n) is 14.8. The maximum atomic E-state index is 5.48. The van der Waals surface area contributed by atoms with Gasteiger partial charge in [0, 0.05) is 7.11 Å². The number of hydrogen-bond acceptors (Lipinski definition) is 5. The van der Waals surface area contributed by atoms with Crippen LogP contribution in [0.1, 0.15) is 21.7 Å². The largest absolute Gasteiger partial charge is 0.493 e. The fourth-order valence-electron chi connectivity index (χ4n) is 2.47. The van der Waals surface area contributed by atoms with Crippen molar-refractivity contribution in [2.75, 3.05) is 21.0 Å². The van der Waals surface area contributed by atoms with Crippen molar-refractivity contribution in [1.29, 1.82) is 0 Å². The molecule has 5 heteroatoms. The predicted octanol–water partition coefficient (Wildman–Crippen LogP) is 5.07. The summed E-state index contributed by atoms with van der Waals surface area (Å²) in [5.41, 5.74) is 4.63. The summed E-state index contributed by atoms with van der Waals surface area (Å²) in [6.07, 6.45) is 4.06. The highest BCUT2D eigenvalue weighted by atomic mass is 32.1. The van der Waals surface area contributed by atoms with E-state index in [-0.39, 0.29) is 6.79 Å². The zero-order valence-corrected chi connectivity index (χ0v) is 15.6. The van der Waals surface area contributed by atoms with Crippen LogP contribution in [0.25, 0.3) is 22.4 Å². The van der Waals surface area contributed by atoms with Gasteiger partial charge in [0.15, 0.2) is 18.3 Å². The molecule has 0 radical (unpaired) electrons. The average molecular weight is 355 g/mol. The molecular formula is C20H21NO3S. The normalized spacial score (nSPS) is 11.4. The Hall–Kier alpha value is -2.37. The van der Waals surface area contributed by atoms with Crippen molar-refractivity contribution in [2.24, 2.45) is 0 Å². The Labute approximate surface area is 151 Å². The molecule has 1 aromatic heterocycles. The Morgan fingerprint density at radius 3 is 2.56 bits per heavy atom. The number of hydrogen-bond donors (Lipinski definition) is 0. The summed E-state index contributed by atoms with van der Waals surface area (Å²) in [6.45, 7) is 4.43. The molecular weight excluding hydrogens is 334 g/mol. The summed E-state index contributed by atoms with van der Waals surface area (Å²) < 4.78 is 17.0. The van der Waals surface area contributed by atoms with Gasteiger partial charge in [0.25, 0.3) is 0 Å². The molecule has 0 aliphatic rings. The lowest BCUT2D eigenvalue weighted by Crippen LogP contribution is -2.00. The molecule has 2 aromatic carbocycles. The van der Waals surface area contributed by atoms with Crippen molar-refractivity contribution in [1.82, 2.24) is 4.98 Å². The van der Waals surface area contributed by atoms with Crippen LogP contribution in [0.5, 0.6) is 11.5 Å². The van der Waals surface area contributed by atoms with Crippen LogP contribution in [-0.4, -0.2) is 26.0 Å². The SMILES string of the molecule is COCOc1ccc(/C=C/c2nc3cc(C)c(C)cc3s2)cc1OC. The van der Waals surface area contributed by atoms with E-state index in [1.54, 1.807) is 25.6 Å². The van der Waals surface area contributed by atoms with E-state index in [1.165, 1.54) is 15.8 Å². The third-order valence-electron chi connectivity index (χ3n) is 3.96. The highest BCUT2D eigenvalue weighted by Crippen LogP contribution is 2.30. The van der Waals surface area contributed by atoms with E-state index >= 15 is 0 Å². The molecule has 0 atom stereocenters. The molecule has 1 heterocycles. The van der Waals surface area contributed by atoms with Crippen LogP contribution in [0.15, 0.2) is 30.3 Å². The number of benzene rings is 2. The van der Waals surface area contributed by atoms with E-state index in [2.05, 4.69) is 31.0 Å². The van der Waals surface area contributed by atoms with Crippen molar-refractivity contribution in [2.45, 2.75) is 13.8 Å². The number of rotatable bonds is 6. The fraction of sp³-hybridized carbons (Fsp3) is 0.250. The minimum Gasteiger partial charge on any atom is -0.493 e. The van der Waals surface area contributed by atoms with Gasteiger partial charge in [0.1, 0.15) is 5.01 Å². The van der Waals surface area contributed by atoms with Gasteiger partial charge in [0.05, 0.1) is 17.3 Å². The zero-order chi connectivity index (χ0) is 17.8. The second kappa shape index (κ2) is 7.68. The number of methoxy groups -OCH3 is 2. The second-order valence-corrected chi connectivity index (χ2v) is 6.81. The molecule has 0 fully saturated rings. The second-order valence-electron chi connectivity index (χ2n) is 5.75. The van der Waals surface area contributed by atoms with E-state index < -0.39 is 0 Å². The van der Waals surface area contributed by atoms with Crippen molar-refractivity contribution in [3.8, 4) is 11.5 Å². The number of thiazole rings is 1. The van der Waals surface area contributed by atoms with Gasteiger partial charge in [-0.05, 0) is 60.9 Å². The Morgan fingerprint density at radius 2 is 1.80 bits per heavy atom. The van der Waals surface area contributed by atoms with E-state index in [0.29, 0.717) is 11.5 Å². The first kappa shape index (κ1) is 17.5. The summed E-state index contributed by atoms with van der Waals surface area (Å²) in [5.74, 6) is 1.34. The first-order chi connectivity index (χ1) is 12.1. The predicted molar refractivity (Wildman–Crippen MR) is 104 cm³/mol. The monoisotopic (exact) mass is 355 g/mol. The Kier molecular flexibility index (Phi) is 5.36. The molecule has 0 aliphatic carbocycles. The number of fused-ring (bicyclic) bond motifs is 1. The minimum atomic E-state index is 0.191. The summed E-state index contributed by atoms with van der Waals surface area (Å²) in [6, 6.07) is 10.1. The van der Waals surface area contributed by atoms with Crippen LogP contribution in [0.3, 0.4) is 0 Å². The van der Waals surface area contributed by atoms with Crippen molar-refractivity contribution >= 4 is 33.7 Å². The third kappa shape index (κ3) is 4.00. The highest BCUT2D eigenvalue weighted by Gasteiger charge is 2.06. The quantitative estimate of drug-likeness (QED) is 0.579. The molecule has 0 amide bonds. The molecule has 3 aromatic rings. The van der Waals surface area contributed by atoms with E-state index in [9.17, 15) is 0 Å². The minimum absolute atomic E-state index is 0.191. The molecule has 25 heavy (non-hydrogen) atoms. The molecule has 0 saturated carbocycles. The van der Waals surface area contributed by atoms with Crippen molar-refractivity contribution < 1.29 is 14.2 Å². The number of nitrogens with zero attached hydrogens (tertiary/aromatic N) is 1.